The average Bonchev–Trinajstić information content (AvgIpc) is 2.12. The summed E-state index contributed by atoms with van der Waals surface area (Å²) in [5.41, 5.74) is 0. The van der Waals surface area contributed by atoms with E-state index in [9.17, 15) is 0 Å². The van der Waals surface area contributed by atoms with Gasteiger partial charge in [-0.3, -0.25) is 9.59 Å². The number of rotatable bonds is 0. The minimum atomic E-state index is -0.833. The van der Waals surface area contributed by atoms with Crippen LogP contribution in [0.25, 0.3) is 0 Å². The van der Waals surface area contributed by atoms with Gasteiger partial charge in [0.25, 0.3) is 11.9 Å². The quantitative estimate of drug-likeness (QED) is 0.430. The molecule has 7 heteroatoms. The molecule has 0 fully saturated rings. The third kappa shape index (κ3) is 13.6. The highest BCUT2D eigenvalue weighted by Crippen LogP contribution is 2.32. The molecular formula is C10H14O7. The van der Waals surface area contributed by atoms with Gasteiger partial charge in [0.2, 0.25) is 0 Å². The van der Waals surface area contributed by atoms with E-state index in [1.54, 1.807) is 0 Å². The van der Waals surface area contributed by atoms with E-state index in [-0.39, 0.29) is 11.5 Å². The Labute approximate surface area is 97.2 Å². The first-order valence-corrected chi connectivity index (χ1v) is 4.27. The average molecular weight is 246 g/mol. The number of hydrogen-bond donors (Lipinski definition) is 5. The van der Waals surface area contributed by atoms with Gasteiger partial charge < -0.3 is 25.5 Å². The Bertz CT molecular complexity index is 333. The van der Waals surface area contributed by atoms with Crippen molar-refractivity contribution in [3.05, 3.63) is 18.2 Å². The van der Waals surface area contributed by atoms with Gasteiger partial charge in [0, 0.05) is 13.8 Å². The number of phenols is 3. The zero-order chi connectivity index (χ0) is 14.0. The van der Waals surface area contributed by atoms with Crippen LogP contribution in [0.3, 0.4) is 0 Å². The zero-order valence-corrected chi connectivity index (χ0v) is 9.28. The summed E-state index contributed by atoms with van der Waals surface area (Å²) < 4.78 is 0. The topological polar surface area (TPSA) is 135 Å². The fraction of sp³-hybridized carbons (Fsp3) is 0.200. The molecule has 0 aliphatic carbocycles. The van der Waals surface area contributed by atoms with Gasteiger partial charge in [0.1, 0.15) is 0 Å². The molecule has 5 N–H and O–H groups in total. The highest BCUT2D eigenvalue weighted by atomic mass is 16.4. The van der Waals surface area contributed by atoms with Crippen molar-refractivity contribution in [3.63, 3.8) is 0 Å². The number of carbonyl (C=O) groups is 2. The molecule has 0 spiro atoms. The molecule has 0 bridgehead atoms. The summed E-state index contributed by atoms with van der Waals surface area (Å²) in [4.78, 5) is 18.0. The first-order chi connectivity index (χ1) is 7.68. The Hall–Kier alpha value is -2.44. The molecule has 7 nitrogen and oxygen atoms in total. The summed E-state index contributed by atoms with van der Waals surface area (Å²) in [7, 11) is 0. The van der Waals surface area contributed by atoms with E-state index < -0.39 is 17.7 Å². The van der Waals surface area contributed by atoms with Crippen LogP contribution < -0.4 is 0 Å². The SMILES string of the molecule is CC(=O)O.CC(=O)O.Oc1cccc(O)c1O. The Morgan fingerprint density at radius 1 is 0.882 bits per heavy atom. The first kappa shape index (κ1) is 17.0. The van der Waals surface area contributed by atoms with Crippen molar-refractivity contribution in [1.82, 2.24) is 0 Å². The predicted molar refractivity (Wildman–Crippen MR) is 58.1 cm³/mol. The smallest absolute Gasteiger partial charge is 0.300 e. The van der Waals surface area contributed by atoms with Gasteiger partial charge in [-0.2, -0.15) is 0 Å². The third-order valence-electron chi connectivity index (χ3n) is 0.993. The molecule has 1 aromatic rings. The molecule has 0 aliphatic rings. The van der Waals surface area contributed by atoms with E-state index in [0.29, 0.717) is 0 Å². The minimum absolute atomic E-state index is 0.310. The van der Waals surface area contributed by atoms with Gasteiger partial charge in [-0.15, -0.1) is 0 Å². The van der Waals surface area contributed by atoms with Crippen molar-refractivity contribution < 1.29 is 35.1 Å². The number of carboxylic acid groups (broad SMARTS) is 2. The van der Waals surface area contributed by atoms with Gasteiger partial charge in [-0.1, -0.05) is 6.07 Å². The fourth-order valence-corrected chi connectivity index (χ4v) is 0.519. The van der Waals surface area contributed by atoms with Crippen LogP contribution in [0.2, 0.25) is 0 Å². The number of phenolic OH excluding ortho intramolecular Hbond substituents is 3. The van der Waals surface area contributed by atoms with Gasteiger partial charge in [0.15, 0.2) is 17.2 Å². The fourth-order valence-electron chi connectivity index (χ4n) is 0.519. The second kappa shape index (κ2) is 8.84. The van der Waals surface area contributed by atoms with Gasteiger partial charge in [-0.25, -0.2) is 0 Å². The van der Waals surface area contributed by atoms with Crippen molar-refractivity contribution >= 4 is 11.9 Å². The lowest BCUT2D eigenvalue weighted by Gasteiger charge is -1.96. The van der Waals surface area contributed by atoms with E-state index in [1.165, 1.54) is 18.2 Å². The van der Waals surface area contributed by atoms with Crippen LogP contribution in [0.5, 0.6) is 17.2 Å². The first-order valence-electron chi connectivity index (χ1n) is 4.27. The highest BCUT2D eigenvalue weighted by molar-refractivity contribution is 5.63. The van der Waals surface area contributed by atoms with Crippen molar-refractivity contribution in [2.24, 2.45) is 0 Å². The van der Waals surface area contributed by atoms with E-state index in [1.807, 2.05) is 0 Å². The maximum absolute atomic E-state index is 9.00. The third-order valence-corrected chi connectivity index (χ3v) is 0.993. The number of carboxylic acids is 2. The predicted octanol–water partition coefficient (Wildman–Crippen LogP) is 0.985. The molecule has 0 heterocycles. The lowest BCUT2D eigenvalue weighted by atomic mass is 10.3. The van der Waals surface area contributed by atoms with Crippen molar-refractivity contribution in [1.29, 1.82) is 0 Å². The maximum Gasteiger partial charge on any atom is 0.300 e. The second-order valence-corrected chi connectivity index (χ2v) is 2.68. The number of para-hydroxylation sites is 1. The Morgan fingerprint density at radius 3 is 1.29 bits per heavy atom. The molecule has 1 rings (SSSR count). The largest absolute Gasteiger partial charge is 0.504 e. The van der Waals surface area contributed by atoms with Crippen LogP contribution >= 0.6 is 0 Å². The maximum atomic E-state index is 9.00. The lowest BCUT2D eigenvalue weighted by molar-refractivity contribution is -0.135. The van der Waals surface area contributed by atoms with Crippen LogP contribution in [0.4, 0.5) is 0 Å². The summed E-state index contributed by atoms with van der Waals surface area (Å²) >= 11 is 0. The summed E-state index contributed by atoms with van der Waals surface area (Å²) in [6.07, 6.45) is 0. The summed E-state index contributed by atoms with van der Waals surface area (Å²) in [6, 6.07) is 4.01. The summed E-state index contributed by atoms with van der Waals surface area (Å²) in [5.74, 6) is -2.76. The lowest BCUT2D eigenvalue weighted by Crippen LogP contribution is -1.78. The van der Waals surface area contributed by atoms with Crippen molar-refractivity contribution in [2.45, 2.75) is 13.8 Å². The second-order valence-electron chi connectivity index (χ2n) is 2.68. The number of aromatic hydroxyl groups is 3. The molecule has 0 amide bonds. The van der Waals surface area contributed by atoms with Crippen LogP contribution in [0.1, 0.15) is 13.8 Å². The van der Waals surface area contributed by atoms with Crippen LogP contribution in [0, 0.1) is 0 Å². The molecule has 0 radical (unpaired) electrons. The summed E-state index contributed by atoms with van der Waals surface area (Å²) in [6.45, 7) is 2.17. The molecular weight excluding hydrogens is 232 g/mol. The van der Waals surface area contributed by atoms with Crippen LogP contribution in [-0.4, -0.2) is 37.5 Å². The van der Waals surface area contributed by atoms with Gasteiger partial charge >= 0.3 is 0 Å². The molecule has 0 saturated heterocycles. The number of hydrogen-bond acceptors (Lipinski definition) is 5. The Morgan fingerprint density at radius 2 is 1.12 bits per heavy atom. The minimum Gasteiger partial charge on any atom is -0.504 e. The van der Waals surface area contributed by atoms with E-state index in [4.69, 9.17) is 35.1 Å². The standard InChI is InChI=1S/C6H6O3.2C2H4O2/c7-4-2-1-3-5(8)6(4)9;2*1-2(3)4/h1-3,7-9H;2*1H3,(H,3,4). The Kier molecular flexibility index (Phi) is 8.82. The molecule has 0 aliphatic heterocycles. The zero-order valence-electron chi connectivity index (χ0n) is 9.28. The molecule has 0 aromatic heterocycles. The molecule has 0 saturated carbocycles. The summed E-state index contributed by atoms with van der Waals surface area (Å²) in [5, 5.41) is 40.9. The molecule has 0 atom stereocenters. The van der Waals surface area contributed by atoms with E-state index >= 15 is 0 Å². The molecule has 96 valence electrons. The van der Waals surface area contributed by atoms with Crippen LogP contribution in [-0.2, 0) is 9.59 Å². The number of benzene rings is 1. The van der Waals surface area contributed by atoms with Crippen molar-refractivity contribution in [3.8, 4) is 17.2 Å². The molecule has 0 unspecified atom stereocenters. The normalized spacial score (nSPS) is 7.88. The highest BCUT2D eigenvalue weighted by Gasteiger charge is 2.00. The molecule has 17 heavy (non-hydrogen) atoms. The van der Waals surface area contributed by atoms with Gasteiger partial charge in [0.05, 0.1) is 0 Å². The monoisotopic (exact) mass is 246 g/mol. The van der Waals surface area contributed by atoms with E-state index in [2.05, 4.69) is 0 Å². The molecule has 1 aromatic carbocycles. The Balaban J connectivity index is 0. The number of aliphatic carboxylic acids is 2. The van der Waals surface area contributed by atoms with E-state index in [0.717, 1.165) is 13.8 Å². The van der Waals surface area contributed by atoms with Crippen LogP contribution in [0.15, 0.2) is 18.2 Å². The van der Waals surface area contributed by atoms with Gasteiger partial charge in [-0.05, 0) is 12.1 Å². The van der Waals surface area contributed by atoms with Crippen molar-refractivity contribution in [2.75, 3.05) is 0 Å².